The monoisotopic (exact) mass is 482 g/mol. The van der Waals surface area contributed by atoms with Crippen LogP contribution in [0.5, 0.6) is 0 Å². The van der Waals surface area contributed by atoms with Crippen LogP contribution in [0.3, 0.4) is 0 Å². The van der Waals surface area contributed by atoms with E-state index in [0.717, 1.165) is 17.6 Å². The number of carbonyl (C=O) groups excluding carboxylic acids is 2. The van der Waals surface area contributed by atoms with Crippen LogP contribution in [0.2, 0.25) is 37.8 Å². The number of allylic oxidation sites excluding steroid dienone is 2. The van der Waals surface area contributed by atoms with Crippen LogP contribution in [-0.2, 0) is 18.4 Å². The van der Waals surface area contributed by atoms with Gasteiger partial charge in [-0.3, -0.25) is 9.59 Å². The van der Waals surface area contributed by atoms with Gasteiger partial charge in [0.05, 0.1) is 12.0 Å². The molecule has 0 bridgehead atoms. The van der Waals surface area contributed by atoms with Crippen molar-refractivity contribution in [2.24, 2.45) is 17.8 Å². The zero-order valence-corrected chi connectivity index (χ0v) is 25.1. The lowest BCUT2D eigenvalue weighted by Gasteiger charge is -2.41. The molecule has 0 aliphatic carbocycles. The van der Waals surface area contributed by atoms with E-state index < -0.39 is 16.6 Å². The molecule has 0 aliphatic heterocycles. The van der Waals surface area contributed by atoms with Crippen molar-refractivity contribution in [3.8, 4) is 0 Å². The first-order chi connectivity index (χ1) is 14.2. The summed E-state index contributed by atoms with van der Waals surface area (Å²) in [6.45, 7) is 31.2. The van der Waals surface area contributed by atoms with Crippen molar-refractivity contribution in [2.45, 2.75) is 112 Å². The molecule has 0 aromatic carbocycles. The second-order valence-corrected chi connectivity index (χ2v) is 21.1. The predicted octanol–water partition coefficient (Wildman–Crippen LogP) is 7.53. The second kappa shape index (κ2) is 11.9. The van der Waals surface area contributed by atoms with Gasteiger partial charge in [-0.2, -0.15) is 0 Å². The fourth-order valence-electron chi connectivity index (χ4n) is 3.34. The van der Waals surface area contributed by atoms with Crippen molar-refractivity contribution < 1.29 is 18.4 Å². The van der Waals surface area contributed by atoms with Crippen LogP contribution in [-0.4, -0.2) is 34.5 Å². The zero-order valence-electron chi connectivity index (χ0n) is 23.1. The Bertz CT molecular complexity index is 696. The van der Waals surface area contributed by atoms with Gasteiger partial charge in [-0.1, -0.05) is 66.7 Å². The van der Waals surface area contributed by atoms with Crippen molar-refractivity contribution in [2.75, 3.05) is 0 Å². The van der Waals surface area contributed by atoms with Gasteiger partial charge in [-0.05, 0) is 63.1 Å². The summed E-state index contributed by atoms with van der Waals surface area (Å²) in [4.78, 5) is 25.7. The minimum Gasteiger partial charge on any atom is -0.520 e. The van der Waals surface area contributed by atoms with Crippen molar-refractivity contribution in [1.82, 2.24) is 0 Å². The van der Waals surface area contributed by atoms with Gasteiger partial charge in [-0.25, -0.2) is 0 Å². The molecule has 0 spiro atoms. The minimum absolute atomic E-state index is 0.0603. The summed E-state index contributed by atoms with van der Waals surface area (Å²) >= 11 is 0. The van der Waals surface area contributed by atoms with E-state index in [4.69, 9.17) is 8.85 Å². The quantitative estimate of drug-likeness (QED) is 0.213. The third-order valence-electron chi connectivity index (χ3n) is 6.41. The average Bonchev–Trinajstić information content (AvgIpc) is 2.61. The summed E-state index contributed by atoms with van der Waals surface area (Å²) in [5, 5.41) is 0.0603. The predicted molar refractivity (Wildman–Crippen MR) is 142 cm³/mol. The molecule has 0 saturated carbocycles. The summed E-state index contributed by atoms with van der Waals surface area (Å²) in [7, 11) is -3.95. The standard InChI is InChI=1S/C26H50O4Si2/c1-15-19(3)24(29-32(13,14)26(7,8)9)22(6)23(27)20(4)16-18(2)17-21(5)25(28)30-31(10,11)12/h16,20-22,24H,3,15,17H2,1-2,4-14H3/b18-16+/t20-,21-,22-,24-/m1/s1. The van der Waals surface area contributed by atoms with Crippen molar-refractivity contribution in [3.63, 3.8) is 0 Å². The van der Waals surface area contributed by atoms with Gasteiger partial charge in [0, 0.05) is 11.8 Å². The van der Waals surface area contributed by atoms with Crippen molar-refractivity contribution in [1.29, 1.82) is 0 Å². The fraction of sp³-hybridized carbons (Fsp3) is 0.769. The summed E-state index contributed by atoms with van der Waals surface area (Å²) in [6.07, 6.45) is 3.11. The fourth-order valence-corrected chi connectivity index (χ4v) is 5.51. The largest absolute Gasteiger partial charge is 0.520 e. The molecule has 4 atom stereocenters. The second-order valence-electron chi connectivity index (χ2n) is 11.9. The molecule has 186 valence electrons. The van der Waals surface area contributed by atoms with Gasteiger partial charge in [0.15, 0.2) is 8.32 Å². The lowest BCUT2D eigenvalue weighted by molar-refractivity contribution is -0.139. The van der Waals surface area contributed by atoms with Crippen LogP contribution in [0.25, 0.3) is 0 Å². The van der Waals surface area contributed by atoms with Gasteiger partial charge in [0.25, 0.3) is 5.97 Å². The molecule has 6 heteroatoms. The maximum absolute atomic E-state index is 13.3. The van der Waals surface area contributed by atoms with Crippen molar-refractivity contribution in [3.05, 3.63) is 23.8 Å². The maximum Gasteiger partial charge on any atom is 0.295 e. The Hall–Kier alpha value is -0.986. The number of rotatable bonds is 12. The lowest BCUT2D eigenvalue weighted by atomic mass is 9.86. The Morgan fingerprint density at radius 1 is 1.03 bits per heavy atom. The third kappa shape index (κ3) is 9.88. The molecule has 4 nitrogen and oxygen atoms in total. The van der Waals surface area contributed by atoms with Crippen LogP contribution < -0.4 is 0 Å². The summed E-state index contributed by atoms with van der Waals surface area (Å²) < 4.78 is 12.3. The van der Waals surface area contributed by atoms with Gasteiger partial charge in [-0.15, -0.1) is 0 Å². The average molecular weight is 483 g/mol. The van der Waals surface area contributed by atoms with Gasteiger partial charge in [0.1, 0.15) is 5.78 Å². The highest BCUT2D eigenvalue weighted by molar-refractivity contribution is 6.74. The van der Waals surface area contributed by atoms with E-state index in [9.17, 15) is 9.59 Å². The molecule has 0 aromatic heterocycles. The first-order valence-corrected chi connectivity index (χ1v) is 18.3. The highest BCUT2D eigenvalue weighted by Crippen LogP contribution is 2.39. The number of Topliss-reactive ketones (excluding diaryl/α,β-unsaturated/α-hetero) is 1. The van der Waals surface area contributed by atoms with Gasteiger partial charge < -0.3 is 8.85 Å². The zero-order chi connectivity index (χ0) is 25.7. The Morgan fingerprint density at radius 3 is 1.94 bits per heavy atom. The minimum atomic E-state index is -2.05. The first kappa shape index (κ1) is 31.0. The molecule has 0 aliphatic rings. The highest BCUT2D eigenvalue weighted by Gasteiger charge is 2.42. The van der Waals surface area contributed by atoms with Crippen LogP contribution in [0.1, 0.15) is 68.2 Å². The van der Waals surface area contributed by atoms with Crippen LogP contribution >= 0.6 is 0 Å². The Morgan fingerprint density at radius 2 is 1.53 bits per heavy atom. The van der Waals surface area contributed by atoms with Crippen LogP contribution in [0, 0.1) is 17.8 Å². The van der Waals surface area contributed by atoms with Crippen LogP contribution in [0.4, 0.5) is 0 Å². The molecule has 0 radical (unpaired) electrons. The SMILES string of the molecule is C=C(CC)[C@@H](O[Si](C)(C)C(C)(C)C)[C@H](C)C(=O)[C@H](C)/C=C(\C)C[C@@H](C)C(=O)O[Si](C)(C)C. The molecule has 0 rings (SSSR count). The Balaban J connectivity index is 5.44. The lowest BCUT2D eigenvalue weighted by Crippen LogP contribution is -2.47. The van der Waals surface area contributed by atoms with Gasteiger partial charge in [0.2, 0.25) is 8.32 Å². The Labute approximate surface area is 200 Å². The van der Waals surface area contributed by atoms with E-state index in [0.29, 0.717) is 6.42 Å². The third-order valence-corrected chi connectivity index (χ3v) is 11.7. The summed E-state index contributed by atoms with van der Waals surface area (Å²) in [5.41, 5.74) is 2.01. The molecule has 0 aromatic rings. The topological polar surface area (TPSA) is 52.6 Å². The molecular formula is C26H50O4Si2. The molecule has 0 heterocycles. The smallest absolute Gasteiger partial charge is 0.295 e. The van der Waals surface area contributed by atoms with Crippen molar-refractivity contribution >= 4 is 28.4 Å². The number of carbonyl (C=O) groups is 2. The molecule has 0 saturated heterocycles. The molecule has 0 N–H and O–H groups in total. The molecular weight excluding hydrogens is 432 g/mol. The Kier molecular flexibility index (Phi) is 11.6. The van der Waals surface area contributed by atoms with E-state index in [-0.39, 0.29) is 40.6 Å². The van der Waals surface area contributed by atoms with E-state index in [1.807, 2.05) is 53.4 Å². The van der Waals surface area contributed by atoms with Crippen LogP contribution in [0.15, 0.2) is 23.8 Å². The van der Waals surface area contributed by atoms with E-state index >= 15 is 0 Å². The first-order valence-electron chi connectivity index (χ1n) is 12.0. The number of ketones is 1. The summed E-state index contributed by atoms with van der Waals surface area (Å²) in [6, 6.07) is 0. The maximum atomic E-state index is 13.3. The van der Waals surface area contributed by atoms with Gasteiger partial charge >= 0.3 is 0 Å². The van der Waals surface area contributed by atoms with E-state index in [1.54, 1.807) is 0 Å². The highest BCUT2D eigenvalue weighted by atomic mass is 28.4. The summed E-state index contributed by atoms with van der Waals surface area (Å²) in [5.74, 6) is -0.733. The number of hydrogen-bond donors (Lipinski definition) is 0. The normalized spacial score (nSPS) is 17.3. The van der Waals surface area contributed by atoms with E-state index in [1.165, 1.54) is 0 Å². The van der Waals surface area contributed by atoms with E-state index in [2.05, 4.69) is 47.4 Å². The molecule has 32 heavy (non-hydrogen) atoms. The molecule has 0 unspecified atom stereocenters. The molecule has 0 fully saturated rings. The number of hydrogen-bond acceptors (Lipinski definition) is 4. The molecule has 0 amide bonds.